The number of esters is 1. The molecule has 0 bridgehead atoms. The summed E-state index contributed by atoms with van der Waals surface area (Å²) in [5, 5.41) is 0. The van der Waals surface area contributed by atoms with E-state index in [1.807, 2.05) is 60.7 Å². The van der Waals surface area contributed by atoms with Crippen molar-refractivity contribution in [2.75, 3.05) is 13.7 Å². The van der Waals surface area contributed by atoms with Gasteiger partial charge in [-0.3, -0.25) is 9.63 Å². The Morgan fingerprint density at radius 3 is 2.29 bits per heavy atom. The summed E-state index contributed by atoms with van der Waals surface area (Å²) in [6.45, 7) is 0.813. The average molecular weight is 285 g/mol. The topological polar surface area (TPSA) is 47.6 Å². The van der Waals surface area contributed by atoms with Crippen LogP contribution < -0.4 is 5.48 Å². The molecule has 0 aliphatic rings. The molecule has 21 heavy (non-hydrogen) atoms. The lowest BCUT2D eigenvalue weighted by Crippen LogP contribution is -2.28. The van der Waals surface area contributed by atoms with E-state index < -0.39 is 0 Å². The third kappa shape index (κ3) is 4.70. The fourth-order valence-electron chi connectivity index (χ4n) is 2.02. The first-order chi connectivity index (χ1) is 10.3. The van der Waals surface area contributed by atoms with Gasteiger partial charge in [0.25, 0.3) is 0 Å². The van der Waals surface area contributed by atoms with Crippen molar-refractivity contribution in [3.8, 4) is 0 Å². The van der Waals surface area contributed by atoms with E-state index in [2.05, 4.69) is 5.48 Å². The lowest BCUT2D eigenvalue weighted by Gasteiger charge is -2.15. The van der Waals surface area contributed by atoms with Crippen LogP contribution >= 0.6 is 0 Å². The number of hydrogen-bond acceptors (Lipinski definition) is 4. The average Bonchev–Trinajstić information content (AvgIpc) is 2.56. The summed E-state index contributed by atoms with van der Waals surface area (Å²) in [6, 6.07) is 19.4. The van der Waals surface area contributed by atoms with Gasteiger partial charge in [0.15, 0.2) is 0 Å². The smallest absolute Gasteiger partial charge is 0.314 e. The summed E-state index contributed by atoms with van der Waals surface area (Å²) in [5.74, 6) is -0.663. The Morgan fingerprint density at radius 2 is 1.67 bits per heavy atom. The quantitative estimate of drug-likeness (QED) is 0.483. The standard InChI is InChI=1S/C17H19NO3/c1-20-17(19)16(15-10-6-3-7-11-15)12-18-21-13-14-8-4-2-5-9-14/h2-11,16,18H,12-13H2,1H3. The minimum Gasteiger partial charge on any atom is -0.469 e. The molecule has 1 atom stereocenters. The molecule has 2 rings (SSSR count). The van der Waals surface area contributed by atoms with Crippen LogP contribution in [0.25, 0.3) is 0 Å². The molecule has 0 amide bonds. The first-order valence-corrected chi connectivity index (χ1v) is 6.82. The number of hydroxylamine groups is 1. The second kappa shape index (κ2) is 8.19. The number of carbonyl (C=O) groups excluding carboxylic acids is 1. The first-order valence-electron chi connectivity index (χ1n) is 6.82. The molecule has 0 aromatic heterocycles. The predicted molar refractivity (Wildman–Crippen MR) is 80.4 cm³/mol. The molecule has 0 radical (unpaired) electrons. The molecule has 0 saturated heterocycles. The molecule has 4 heteroatoms. The molecule has 110 valence electrons. The summed E-state index contributed by atoms with van der Waals surface area (Å²) in [7, 11) is 1.39. The van der Waals surface area contributed by atoms with Gasteiger partial charge in [-0.15, -0.1) is 0 Å². The van der Waals surface area contributed by atoms with E-state index >= 15 is 0 Å². The summed E-state index contributed by atoms with van der Waals surface area (Å²) in [4.78, 5) is 17.3. The second-order valence-electron chi connectivity index (χ2n) is 4.61. The van der Waals surface area contributed by atoms with Gasteiger partial charge in [-0.2, -0.15) is 0 Å². The molecule has 1 unspecified atom stereocenters. The van der Waals surface area contributed by atoms with Gasteiger partial charge < -0.3 is 4.74 Å². The van der Waals surface area contributed by atoms with Crippen LogP contribution in [-0.2, 0) is 21.0 Å². The number of nitrogens with one attached hydrogen (secondary N) is 1. The van der Waals surface area contributed by atoms with Crippen molar-refractivity contribution in [3.05, 3.63) is 71.8 Å². The Kier molecular flexibility index (Phi) is 5.94. The molecule has 2 aromatic carbocycles. The number of methoxy groups -OCH3 is 1. The maximum Gasteiger partial charge on any atom is 0.314 e. The number of ether oxygens (including phenoxy) is 1. The Hall–Kier alpha value is -2.17. The predicted octanol–water partition coefficient (Wildman–Crippen LogP) is 2.66. The van der Waals surface area contributed by atoms with Crippen molar-refractivity contribution in [1.82, 2.24) is 5.48 Å². The summed E-state index contributed by atoms with van der Waals surface area (Å²) in [5.41, 5.74) is 4.82. The molecule has 0 spiro atoms. The Balaban J connectivity index is 1.87. The van der Waals surface area contributed by atoms with Gasteiger partial charge >= 0.3 is 5.97 Å². The van der Waals surface area contributed by atoms with Gasteiger partial charge in [-0.1, -0.05) is 60.7 Å². The Morgan fingerprint density at radius 1 is 1.05 bits per heavy atom. The lowest BCUT2D eigenvalue weighted by atomic mass is 10.00. The first kappa shape index (κ1) is 15.2. The third-order valence-electron chi connectivity index (χ3n) is 3.16. The fourth-order valence-corrected chi connectivity index (χ4v) is 2.02. The van der Waals surface area contributed by atoms with E-state index in [4.69, 9.17) is 9.57 Å². The molecule has 0 saturated carbocycles. The van der Waals surface area contributed by atoms with Crippen molar-refractivity contribution >= 4 is 5.97 Å². The lowest BCUT2D eigenvalue weighted by molar-refractivity contribution is -0.143. The van der Waals surface area contributed by atoms with E-state index in [9.17, 15) is 4.79 Å². The molecular formula is C17H19NO3. The summed E-state index contributed by atoms with van der Waals surface area (Å²) >= 11 is 0. The van der Waals surface area contributed by atoms with Crippen LogP contribution in [0.5, 0.6) is 0 Å². The van der Waals surface area contributed by atoms with E-state index in [0.29, 0.717) is 13.2 Å². The molecular weight excluding hydrogens is 266 g/mol. The highest BCUT2D eigenvalue weighted by Crippen LogP contribution is 2.16. The van der Waals surface area contributed by atoms with Gasteiger partial charge in [-0.25, -0.2) is 5.48 Å². The number of benzene rings is 2. The van der Waals surface area contributed by atoms with E-state index in [-0.39, 0.29) is 11.9 Å². The second-order valence-corrected chi connectivity index (χ2v) is 4.61. The summed E-state index contributed by atoms with van der Waals surface area (Å²) < 4.78 is 4.85. The van der Waals surface area contributed by atoms with Gasteiger partial charge in [-0.05, 0) is 11.1 Å². The highest BCUT2D eigenvalue weighted by Gasteiger charge is 2.20. The van der Waals surface area contributed by atoms with Crippen LogP contribution in [-0.4, -0.2) is 19.6 Å². The van der Waals surface area contributed by atoms with Crippen molar-refractivity contribution in [1.29, 1.82) is 0 Å². The number of hydrogen-bond donors (Lipinski definition) is 1. The third-order valence-corrected chi connectivity index (χ3v) is 3.16. The van der Waals surface area contributed by atoms with Crippen LogP contribution in [0.2, 0.25) is 0 Å². The van der Waals surface area contributed by atoms with Crippen molar-refractivity contribution in [2.45, 2.75) is 12.5 Å². The Labute approximate surface area is 124 Å². The molecule has 1 N–H and O–H groups in total. The van der Waals surface area contributed by atoms with E-state index in [0.717, 1.165) is 11.1 Å². The minimum atomic E-state index is -0.382. The van der Waals surface area contributed by atoms with Crippen molar-refractivity contribution in [2.24, 2.45) is 0 Å². The van der Waals surface area contributed by atoms with Gasteiger partial charge in [0.2, 0.25) is 0 Å². The zero-order valence-corrected chi connectivity index (χ0v) is 12.0. The van der Waals surface area contributed by atoms with Crippen LogP contribution in [0.1, 0.15) is 17.0 Å². The van der Waals surface area contributed by atoms with Crippen LogP contribution in [0.4, 0.5) is 0 Å². The molecule has 4 nitrogen and oxygen atoms in total. The maximum absolute atomic E-state index is 11.9. The SMILES string of the molecule is COC(=O)C(CNOCc1ccccc1)c1ccccc1. The molecule has 0 heterocycles. The monoisotopic (exact) mass is 285 g/mol. The minimum absolute atomic E-state index is 0.281. The molecule has 0 aliphatic heterocycles. The highest BCUT2D eigenvalue weighted by molar-refractivity contribution is 5.78. The van der Waals surface area contributed by atoms with Gasteiger partial charge in [0.05, 0.1) is 19.6 Å². The number of rotatable bonds is 7. The summed E-state index contributed by atoms with van der Waals surface area (Å²) in [6.07, 6.45) is 0. The maximum atomic E-state index is 11.9. The van der Waals surface area contributed by atoms with Gasteiger partial charge in [0, 0.05) is 6.54 Å². The normalized spacial score (nSPS) is 11.9. The molecule has 2 aromatic rings. The van der Waals surface area contributed by atoms with E-state index in [1.54, 1.807) is 0 Å². The molecule has 0 aliphatic carbocycles. The zero-order valence-electron chi connectivity index (χ0n) is 12.0. The Bertz CT molecular complexity index is 542. The largest absolute Gasteiger partial charge is 0.469 e. The van der Waals surface area contributed by atoms with Crippen LogP contribution in [0.15, 0.2) is 60.7 Å². The fraction of sp³-hybridized carbons (Fsp3) is 0.235. The van der Waals surface area contributed by atoms with Gasteiger partial charge in [0.1, 0.15) is 0 Å². The van der Waals surface area contributed by atoms with Crippen LogP contribution in [0.3, 0.4) is 0 Å². The highest BCUT2D eigenvalue weighted by atomic mass is 16.6. The molecule has 0 fully saturated rings. The van der Waals surface area contributed by atoms with E-state index in [1.165, 1.54) is 7.11 Å². The number of carbonyl (C=O) groups is 1. The van der Waals surface area contributed by atoms with Crippen molar-refractivity contribution < 1.29 is 14.4 Å². The zero-order chi connectivity index (χ0) is 14.9. The van der Waals surface area contributed by atoms with Crippen LogP contribution in [0, 0.1) is 0 Å². The van der Waals surface area contributed by atoms with Crippen molar-refractivity contribution in [3.63, 3.8) is 0 Å².